The van der Waals surface area contributed by atoms with E-state index in [1.807, 2.05) is 73.7 Å². The third-order valence-corrected chi connectivity index (χ3v) is 9.29. The first-order chi connectivity index (χ1) is 20.7. The van der Waals surface area contributed by atoms with E-state index < -0.39 is 28.7 Å². The van der Waals surface area contributed by atoms with Gasteiger partial charge in [0.25, 0.3) is 0 Å². The Kier molecular flexibility index (Phi) is 11.2. The number of amides is 4. The van der Waals surface area contributed by atoms with Crippen molar-refractivity contribution in [3.63, 3.8) is 0 Å². The van der Waals surface area contributed by atoms with Gasteiger partial charge in [-0.25, -0.2) is 4.79 Å². The summed E-state index contributed by atoms with van der Waals surface area (Å²) in [5.74, 6) is 4.93. The summed E-state index contributed by atoms with van der Waals surface area (Å²) >= 11 is 2.76. The summed E-state index contributed by atoms with van der Waals surface area (Å²) in [5.41, 5.74) is 8.74. The number of thiophene rings is 1. The zero-order valence-corrected chi connectivity index (χ0v) is 25.6. The number of nitrogens with two attached hydrogens (primary N) is 1. The molecule has 1 fully saturated rings. The highest BCUT2D eigenvalue weighted by Gasteiger charge is 2.44. The van der Waals surface area contributed by atoms with Crippen molar-refractivity contribution in [2.24, 2.45) is 5.73 Å². The topological polar surface area (TPSA) is 131 Å². The van der Waals surface area contributed by atoms with Crippen LogP contribution in [0.5, 0.6) is 0 Å². The average molecular weight is 619 g/mol. The monoisotopic (exact) mass is 618 g/mol. The van der Waals surface area contributed by atoms with Crippen LogP contribution in [0.1, 0.15) is 45.2 Å². The Hall–Kier alpha value is -4.27. The number of hydrogen-bond acceptors (Lipinski definition) is 7. The maximum Gasteiger partial charge on any atom is 0.407 e. The van der Waals surface area contributed by atoms with Gasteiger partial charge in [0.2, 0.25) is 17.7 Å². The molecule has 1 saturated heterocycles. The van der Waals surface area contributed by atoms with Crippen LogP contribution in [0, 0.1) is 18.8 Å². The number of carbonyl (C=O) groups is 4. The molecule has 1 aromatic heterocycles. The number of aryl methyl sites for hydroxylation is 1. The van der Waals surface area contributed by atoms with E-state index in [2.05, 4.69) is 22.5 Å². The number of alkyl carbamates (subject to hydrolysis) is 1. The first-order valence-corrected chi connectivity index (χ1v) is 15.7. The van der Waals surface area contributed by atoms with Crippen LogP contribution in [0.15, 0.2) is 66.7 Å². The van der Waals surface area contributed by atoms with Crippen molar-refractivity contribution in [2.45, 2.75) is 43.4 Å². The summed E-state index contributed by atoms with van der Waals surface area (Å²) in [6.07, 6.45) is -0.154. The Bertz CT molecular complexity index is 1500. The van der Waals surface area contributed by atoms with Gasteiger partial charge in [0.05, 0.1) is 23.3 Å². The second-order valence-electron chi connectivity index (χ2n) is 9.90. The Morgan fingerprint density at radius 3 is 2.49 bits per heavy atom. The van der Waals surface area contributed by atoms with Gasteiger partial charge in [0.15, 0.2) is 0 Å². The lowest BCUT2D eigenvalue weighted by molar-refractivity contribution is -0.133. The molecule has 4 amide bonds. The number of rotatable bonds is 11. The number of primary amides is 1. The van der Waals surface area contributed by atoms with Crippen molar-refractivity contribution in [3.05, 3.63) is 93.2 Å². The van der Waals surface area contributed by atoms with E-state index in [-0.39, 0.29) is 31.4 Å². The molecule has 11 heteroatoms. The Labute approximate surface area is 259 Å². The van der Waals surface area contributed by atoms with E-state index >= 15 is 0 Å². The van der Waals surface area contributed by atoms with Crippen molar-refractivity contribution in [1.82, 2.24) is 15.5 Å². The van der Waals surface area contributed by atoms with Crippen LogP contribution in [0.3, 0.4) is 0 Å². The summed E-state index contributed by atoms with van der Waals surface area (Å²) in [6.45, 7) is 4.05. The molecule has 1 aliphatic heterocycles. The zero-order valence-electron chi connectivity index (χ0n) is 24.0. The van der Waals surface area contributed by atoms with E-state index in [1.54, 1.807) is 6.92 Å². The molecule has 3 atom stereocenters. The molecule has 9 nitrogen and oxygen atoms in total. The highest BCUT2D eigenvalue weighted by atomic mass is 32.2. The summed E-state index contributed by atoms with van der Waals surface area (Å²) in [4.78, 5) is 53.9. The standard InChI is InChI=1S/C32H34N4O5S2/c1-3-41-32(40)35-25(29(33)38)20-36-30(39)27(19-28(37)34-18-17-23-11-9-21(2)10-12-23)43-31(36)26-16-15-24(42-26)14-13-22-7-5-4-6-8-22/h4-12,15-16,25,27,31H,3,17-20H2,1-2H3,(H2,33,38)(H,34,37)(H,35,40)/t25-,27?,31?/m1/s1. The molecule has 2 unspecified atom stereocenters. The lowest BCUT2D eigenvalue weighted by Crippen LogP contribution is -2.52. The Morgan fingerprint density at radius 2 is 1.79 bits per heavy atom. The van der Waals surface area contributed by atoms with Crippen molar-refractivity contribution >= 4 is 46.9 Å². The lowest BCUT2D eigenvalue weighted by Gasteiger charge is -2.27. The van der Waals surface area contributed by atoms with Crippen molar-refractivity contribution in [1.29, 1.82) is 0 Å². The third kappa shape index (κ3) is 9.11. The largest absolute Gasteiger partial charge is 0.450 e. The first-order valence-electron chi connectivity index (χ1n) is 13.9. The van der Waals surface area contributed by atoms with Crippen LogP contribution < -0.4 is 16.4 Å². The van der Waals surface area contributed by atoms with Gasteiger partial charge in [-0.05, 0) is 50.1 Å². The molecule has 2 heterocycles. The fraction of sp³-hybridized carbons (Fsp3) is 0.312. The minimum Gasteiger partial charge on any atom is -0.450 e. The lowest BCUT2D eigenvalue weighted by atomic mass is 10.1. The molecular formula is C32H34N4O5S2. The van der Waals surface area contributed by atoms with E-state index in [1.165, 1.54) is 33.6 Å². The SMILES string of the molecule is CCOC(=O)N[C@H](CN1C(=O)C(CC(=O)NCCc2ccc(C)cc2)SC1c1ccc(C#Cc2ccccc2)s1)C(N)=O. The maximum atomic E-state index is 13.6. The fourth-order valence-electron chi connectivity index (χ4n) is 4.40. The van der Waals surface area contributed by atoms with Crippen LogP contribution in [0.25, 0.3) is 0 Å². The third-order valence-electron chi connectivity index (χ3n) is 6.63. The van der Waals surface area contributed by atoms with Gasteiger partial charge >= 0.3 is 6.09 Å². The number of benzene rings is 2. The smallest absolute Gasteiger partial charge is 0.407 e. The van der Waals surface area contributed by atoms with Crippen LogP contribution in [0.4, 0.5) is 4.79 Å². The Balaban J connectivity index is 1.48. The molecular weight excluding hydrogens is 585 g/mol. The highest BCUT2D eigenvalue weighted by Crippen LogP contribution is 2.46. The molecule has 0 spiro atoms. The predicted octanol–water partition coefficient (Wildman–Crippen LogP) is 3.75. The average Bonchev–Trinajstić information content (AvgIpc) is 3.58. The van der Waals surface area contributed by atoms with Gasteiger partial charge in [-0.2, -0.15) is 0 Å². The predicted molar refractivity (Wildman–Crippen MR) is 168 cm³/mol. The number of nitrogens with zero attached hydrogens (tertiary/aromatic N) is 1. The summed E-state index contributed by atoms with van der Waals surface area (Å²) in [5, 5.41) is 4.18. The van der Waals surface area contributed by atoms with Crippen LogP contribution in [-0.2, 0) is 25.5 Å². The number of hydrogen-bond donors (Lipinski definition) is 3. The van der Waals surface area contributed by atoms with Crippen LogP contribution in [-0.4, -0.2) is 59.7 Å². The van der Waals surface area contributed by atoms with E-state index in [0.717, 1.165) is 20.9 Å². The number of ether oxygens (including phenoxy) is 1. The van der Waals surface area contributed by atoms with Gasteiger partial charge in [-0.3, -0.25) is 14.4 Å². The minimum absolute atomic E-state index is 0.0248. The second kappa shape index (κ2) is 15.3. The van der Waals surface area contributed by atoms with Gasteiger partial charge in [0.1, 0.15) is 11.4 Å². The Morgan fingerprint density at radius 1 is 1.05 bits per heavy atom. The second-order valence-corrected chi connectivity index (χ2v) is 12.3. The van der Waals surface area contributed by atoms with E-state index in [0.29, 0.717) is 13.0 Å². The highest BCUT2D eigenvalue weighted by molar-refractivity contribution is 8.01. The number of carbonyl (C=O) groups excluding carboxylic acids is 4. The molecule has 1 aliphatic rings. The number of thioether (sulfide) groups is 1. The summed E-state index contributed by atoms with van der Waals surface area (Å²) in [7, 11) is 0. The normalized spacial score (nSPS) is 16.6. The van der Waals surface area contributed by atoms with Gasteiger partial charge in [0, 0.05) is 23.4 Å². The summed E-state index contributed by atoms with van der Waals surface area (Å²) in [6, 6.07) is 20.3. The molecule has 2 aromatic carbocycles. The molecule has 0 aliphatic carbocycles. The van der Waals surface area contributed by atoms with Gasteiger partial charge < -0.3 is 26.0 Å². The molecule has 224 valence electrons. The maximum absolute atomic E-state index is 13.6. The fourth-order valence-corrected chi connectivity index (χ4v) is 6.92. The molecule has 3 aromatic rings. The van der Waals surface area contributed by atoms with E-state index in [9.17, 15) is 19.2 Å². The van der Waals surface area contributed by atoms with Crippen molar-refractivity contribution in [2.75, 3.05) is 19.7 Å². The van der Waals surface area contributed by atoms with Crippen LogP contribution in [0.2, 0.25) is 0 Å². The quantitative estimate of drug-likeness (QED) is 0.281. The molecule has 0 radical (unpaired) electrons. The van der Waals surface area contributed by atoms with Crippen molar-refractivity contribution in [3.8, 4) is 11.8 Å². The summed E-state index contributed by atoms with van der Waals surface area (Å²) < 4.78 is 4.91. The van der Waals surface area contributed by atoms with E-state index in [4.69, 9.17) is 10.5 Å². The molecule has 0 bridgehead atoms. The van der Waals surface area contributed by atoms with Gasteiger partial charge in [-0.15, -0.1) is 23.1 Å². The number of nitrogens with one attached hydrogen (secondary N) is 2. The molecule has 4 rings (SSSR count). The molecule has 43 heavy (non-hydrogen) atoms. The molecule has 0 saturated carbocycles. The molecule has 4 N–H and O–H groups in total. The first kappa shape index (κ1) is 31.7. The van der Waals surface area contributed by atoms with Gasteiger partial charge in [-0.1, -0.05) is 59.9 Å². The van der Waals surface area contributed by atoms with Crippen molar-refractivity contribution < 1.29 is 23.9 Å². The van der Waals surface area contributed by atoms with Crippen LogP contribution >= 0.6 is 23.1 Å². The minimum atomic E-state index is -1.18. The zero-order chi connectivity index (χ0) is 30.8.